The van der Waals surface area contributed by atoms with Crippen LogP contribution in [0.5, 0.6) is 0 Å². The van der Waals surface area contributed by atoms with E-state index in [0.717, 1.165) is 30.5 Å². The smallest absolute Gasteiger partial charge is 0.249 e. The molecule has 4 nitrogen and oxygen atoms in total. The van der Waals surface area contributed by atoms with Gasteiger partial charge in [0.2, 0.25) is 11.8 Å². The average molecular weight is 290 g/mol. The van der Waals surface area contributed by atoms with Crippen molar-refractivity contribution in [3.63, 3.8) is 0 Å². The Morgan fingerprint density at radius 3 is 2.85 bits per heavy atom. The zero-order valence-electron chi connectivity index (χ0n) is 11.4. The maximum absolute atomic E-state index is 6.36. The van der Waals surface area contributed by atoms with Crippen molar-refractivity contribution in [3.8, 4) is 11.5 Å². The minimum Gasteiger partial charge on any atom is -0.421 e. The Morgan fingerprint density at radius 1 is 1.30 bits per heavy atom. The molecule has 0 fully saturated rings. The van der Waals surface area contributed by atoms with Crippen molar-refractivity contribution < 1.29 is 4.42 Å². The van der Waals surface area contributed by atoms with Crippen molar-refractivity contribution in [2.75, 3.05) is 0 Å². The van der Waals surface area contributed by atoms with E-state index in [1.54, 1.807) is 6.20 Å². The Morgan fingerprint density at radius 2 is 2.20 bits per heavy atom. The lowest BCUT2D eigenvalue weighted by Gasteiger charge is -2.13. The highest BCUT2D eigenvalue weighted by molar-refractivity contribution is 6.32. The van der Waals surface area contributed by atoms with Crippen molar-refractivity contribution in [2.24, 2.45) is 0 Å². The summed E-state index contributed by atoms with van der Waals surface area (Å²) < 4.78 is 5.52. The number of aryl methyl sites for hydroxylation is 1. The van der Waals surface area contributed by atoms with E-state index in [9.17, 15) is 0 Å². The molecule has 104 valence electrons. The van der Waals surface area contributed by atoms with Crippen LogP contribution in [0, 0.1) is 0 Å². The van der Waals surface area contributed by atoms with Gasteiger partial charge in [0.25, 0.3) is 0 Å². The summed E-state index contributed by atoms with van der Waals surface area (Å²) in [5, 5.41) is 8.61. The molecule has 2 aromatic heterocycles. The van der Waals surface area contributed by atoms with Gasteiger partial charge in [-0.1, -0.05) is 24.6 Å². The monoisotopic (exact) mass is 289 g/mol. The van der Waals surface area contributed by atoms with E-state index in [2.05, 4.69) is 21.3 Å². The lowest BCUT2D eigenvalue weighted by atomic mass is 9.96. The fourth-order valence-electron chi connectivity index (χ4n) is 2.36. The van der Waals surface area contributed by atoms with Crippen LogP contribution in [0.2, 0.25) is 5.02 Å². The number of allylic oxidation sites excluding steroid dienone is 2. The SMILES string of the molecule is CCc1nnc(-c2cnc(C3=CCCCC3)c(Cl)c2)o1. The van der Waals surface area contributed by atoms with Crippen molar-refractivity contribution in [1.82, 2.24) is 15.2 Å². The van der Waals surface area contributed by atoms with E-state index in [1.807, 2.05) is 13.0 Å². The van der Waals surface area contributed by atoms with Crippen molar-refractivity contribution >= 4 is 17.2 Å². The van der Waals surface area contributed by atoms with Gasteiger partial charge in [0.05, 0.1) is 16.3 Å². The summed E-state index contributed by atoms with van der Waals surface area (Å²) >= 11 is 6.36. The Hall–Kier alpha value is -1.68. The second-order valence-corrected chi connectivity index (χ2v) is 5.29. The molecule has 0 radical (unpaired) electrons. The molecule has 0 atom stereocenters. The van der Waals surface area contributed by atoms with Crippen LogP contribution in [-0.4, -0.2) is 15.2 Å². The second-order valence-electron chi connectivity index (χ2n) is 4.88. The van der Waals surface area contributed by atoms with Gasteiger partial charge in [0, 0.05) is 12.6 Å². The van der Waals surface area contributed by atoms with Gasteiger partial charge in [-0.05, 0) is 37.3 Å². The minimum absolute atomic E-state index is 0.473. The maximum atomic E-state index is 6.36. The van der Waals surface area contributed by atoms with Gasteiger partial charge in [-0.3, -0.25) is 4.98 Å². The minimum atomic E-state index is 0.473. The molecule has 20 heavy (non-hydrogen) atoms. The third kappa shape index (κ3) is 2.61. The first kappa shape index (κ1) is 13.3. The number of aromatic nitrogens is 3. The van der Waals surface area contributed by atoms with Crippen LogP contribution in [0.15, 0.2) is 22.8 Å². The topological polar surface area (TPSA) is 51.8 Å². The van der Waals surface area contributed by atoms with Gasteiger partial charge in [0.1, 0.15) is 0 Å². The van der Waals surface area contributed by atoms with Crippen LogP contribution in [-0.2, 0) is 6.42 Å². The number of rotatable bonds is 3. The first-order chi connectivity index (χ1) is 9.78. The van der Waals surface area contributed by atoms with Crippen LogP contribution in [0.3, 0.4) is 0 Å². The molecule has 0 spiro atoms. The Labute approximate surface area is 122 Å². The highest BCUT2D eigenvalue weighted by atomic mass is 35.5. The van der Waals surface area contributed by atoms with E-state index >= 15 is 0 Å². The molecule has 0 unspecified atom stereocenters. The van der Waals surface area contributed by atoms with Crippen LogP contribution in [0.4, 0.5) is 0 Å². The summed E-state index contributed by atoms with van der Waals surface area (Å²) in [7, 11) is 0. The first-order valence-electron chi connectivity index (χ1n) is 6.95. The summed E-state index contributed by atoms with van der Waals surface area (Å²) in [6, 6.07) is 1.85. The zero-order valence-corrected chi connectivity index (χ0v) is 12.2. The van der Waals surface area contributed by atoms with E-state index in [4.69, 9.17) is 16.0 Å². The van der Waals surface area contributed by atoms with E-state index < -0.39 is 0 Å². The number of pyridine rings is 1. The fourth-order valence-corrected chi connectivity index (χ4v) is 2.65. The quantitative estimate of drug-likeness (QED) is 0.845. The number of hydrogen-bond donors (Lipinski definition) is 0. The van der Waals surface area contributed by atoms with Crippen LogP contribution in [0.1, 0.15) is 44.2 Å². The number of halogens is 1. The van der Waals surface area contributed by atoms with Crippen molar-refractivity contribution in [2.45, 2.75) is 39.0 Å². The highest BCUT2D eigenvalue weighted by Crippen LogP contribution is 2.32. The van der Waals surface area contributed by atoms with Crippen LogP contribution in [0.25, 0.3) is 17.0 Å². The molecular weight excluding hydrogens is 274 g/mol. The molecule has 1 aliphatic carbocycles. The molecule has 0 amide bonds. The molecule has 3 rings (SSSR count). The molecule has 0 aromatic carbocycles. The number of nitrogens with zero attached hydrogens (tertiary/aromatic N) is 3. The van der Waals surface area contributed by atoms with Crippen molar-refractivity contribution in [3.05, 3.63) is 34.9 Å². The lowest BCUT2D eigenvalue weighted by molar-refractivity contribution is 0.512. The highest BCUT2D eigenvalue weighted by Gasteiger charge is 2.14. The predicted octanol–water partition coefficient (Wildman–Crippen LogP) is 4.30. The first-order valence-corrected chi connectivity index (χ1v) is 7.33. The third-order valence-corrected chi connectivity index (χ3v) is 3.74. The Balaban J connectivity index is 1.92. The molecule has 0 N–H and O–H groups in total. The summed E-state index contributed by atoms with van der Waals surface area (Å²) in [5.41, 5.74) is 2.89. The summed E-state index contributed by atoms with van der Waals surface area (Å²) in [6.07, 6.45) is 9.32. The van der Waals surface area contributed by atoms with Crippen molar-refractivity contribution in [1.29, 1.82) is 0 Å². The molecule has 5 heteroatoms. The third-order valence-electron chi connectivity index (χ3n) is 3.45. The molecule has 0 saturated carbocycles. The predicted molar refractivity (Wildman–Crippen MR) is 78.4 cm³/mol. The normalized spacial score (nSPS) is 15.2. The van der Waals surface area contributed by atoms with Gasteiger partial charge < -0.3 is 4.42 Å². The zero-order chi connectivity index (χ0) is 13.9. The summed E-state index contributed by atoms with van der Waals surface area (Å²) in [6.45, 7) is 1.97. The fraction of sp³-hybridized carbons (Fsp3) is 0.400. The van der Waals surface area contributed by atoms with E-state index in [-0.39, 0.29) is 0 Å². The average Bonchev–Trinajstić information content (AvgIpc) is 2.97. The molecule has 2 aromatic rings. The molecule has 1 aliphatic rings. The van der Waals surface area contributed by atoms with Gasteiger partial charge in [0.15, 0.2) is 0 Å². The van der Waals surface area contributed by atoms with E-state index in [1.165, 1.54) is 18.4 Å². The summed E-state index contributed by atoms with van der Waals surface area (Å²) in [5.74, 6) is 1.09. The lowest BCUT2D eigenvalue weighted by Crippen LogP contribution is -1.96. The Bertz CT molecular complexity index is 648. The van der Waals surface area contributed by atoms with Gasteiger partial charge >= 0.3 is 0 Å². The molecule has 0 aliphatic heterocycles. The standard InChI is InChI=1S/C15H16ClN3O/c1-2-13-18-19-15(20-13)11-8-12(16)14(17-9-11)10-6-4-3-5-7-10/h6,8-9H,2-5,7H2,1H3. The van der Waals surface area contributed by atoms with Gasteiger partial charge in [-0.15, -0.1) is 10.2 Å². The Kier molecular flexibility index (Phi) is 3.83. The molecule has 2 heterocycles. The van der Waals surface area contributed by atoms with Crippen LogP contribution >= 0.6 is 11.6 Å². The molecule has 0 saturated heterocycles. The van der Waals surface area contributed by atoms with Gasteiger partial charge in [-0.2, -0.15) is 0 Å². The maximum Gasteiger partial charge on any atom is 0.249 e. The number of hydrogen-bond acceptors (Lipinski definition) is 4. The second kappa shape index (κ2) is 5.75. The van der Waals surface area contributed by atoms with Crippen LogP contribution < -0.4 is 0 Å². The summed E-state index contributed by atoms with van der Waals surface area (Å²) in [4.78, 5) is 4.49. The molecular formula is C15H16ClN3O. The van der Waals surface area contributed by atoms with E-state index in [0.29, 0.717) is 16.8 Å². The van der Waals surface area contributed by atoms with Gasteiger partial charge in [-0.25, -0.2) is 0 Å². The largest absolute Gasteiger partial charge is 0.421 e. The molecule has 0 bridgehead atoms.